The van der Waals surface area contributed by atoms with E-state index < -0.39 is 0 Å². The molecule has 1 rings (SSSR count). The van der Waals surface area contributed by atoms with Gasteiger partial charge >= 0.3 is 0 Å². The summed E-state index contributed by atoms with van der Waals surface area (Å²) in [4.78, 5) is 2.44. The molecule has 1 heterocycles. The predicted octanol–water partition coefficient (Wildman–Crippen LogP) is 1.51. The van der Waals surface area contributed by atoms with Gasteiger partial charge in [0.2, 0.25) is 0 Å². The molecule has 1 atom stereocenters. The van der Waals surface area contributed by atoms with Gasteiger partial charge in [-0.2, -0.15) is 0 Å². The number of nitrogens with zero attached hydrogens (tertiary/aromatic N) is 1. The van der Waals surface area contributed by atoms with Gasteiger partial charge < -0.3 is 0 Å². The lowest BCUT2D eigenvalue weighted by atomic mass is 10.2. The average Bonchev–Trinajstić information content (AvgIpc) is 2.17. The molecule has 1 heteroatoms. The van der Waals surface area contributed by atoms with Gasteiger partial charge in [0.05, 0.1) is 0 Å². The Labute approximate surface area is 57.4 Å². The van der Waals surface area contributed by atoms with Crippen LogP contribution in [0.15, 0.2) is 12.7 Å². The fourth-order valence-electron chi connectivity index (χ4n) is 1.37. The summed E-state index contributed by atoms with van der Waals surface area (Å²) in [5.74, 6) is 0.907. The first-order chi connectivity index (χ1) is 4.33. The quantitative estimate of drug-likeness (QED) is 0.506. The van der Waals surface area contributed by atoms with Gasteiger partial charge in [-0.25, -0.2) is 0 Å². The van der Waals surface area contributed by atoms with Crippen molar-refractivity contribution in [2.75, 3.05) is 19.6 Å². The smallest absolute Gasteiger partial charge is 0.0160 e. The fourth-order valence-corrected chi connectivity index (χ4v) is 1.37. The third kappa shape index (κ3) is 1.83. The van der Waals surface area contributed by atoms with Crippen LogP contribution in [0.3, 0.4) is 0 Å². The van der Waals surface area contributed by atoms with Gasteiger partial charge in [-0.1, -0.05) is 13.0 Å². The molecule has 52 valence electrons. The lowest BCUT2D eigenvalue weighted by Crippen LogP contribution is -2.19. The Morgan fingerprint density at radius 1 is 1.78 bits per heavy atom. The minimum atomic E-state index is 0.907. The van der Waals surface area contributed by atoms with E-state index in [2.05, 4.69) is 18.4 Å². The molecule has 0 aliphatic carbocycles. The van der Waals surface area contributed by atoms with Crippen LogP contribution in [-0.4, -0.2) is 24.5 Å². The van der Waals surface area contributed by atoms with Crippen molar-refractivity contribution in [1.29, 1.82) is 0 Å². The van der Waals surface area contributed by atoms with Gasteiger partial charge in [0.15, 0.2) is 0 Å². The first-order valence-corrected chi connectivity index (χ1v) is 3.66. The Morgan fingerprint density at radius 2 is 2.56 bits per heavy atom. The molecule has 0 aromatic rings. The van der Waals surface area contributed by atoms with E-state index in [1.807, 2.05) is 6.08 Å². The van der Waals surface area contributed by atoms with Crippen molar-refractivity contribution in [2.24, 2.45) is 5.92 Å². The van der Waals surface area contributed by atoms with E-state index in [1.54, 1.807) is 0 Å². The molecule has 0 N–H and O–H groups in total. The van der Waals surface area contributed by atoms with E-state index in [-0.39, 0.29) is 0 Å². The van der Waals surface area contributed by atoms with E-state index in [4.69, 9.17) is 0 Å². The monoisotopic (exact) mass is 125 g/mol. The summed E-state index contributed by atoms with van der Waals surface area (Å²) in [6.45, 7) is 9.63. The summed E-state index contributed by atoms with van der Waals surface area (Å²) in [5.41, 5.74) is 0. The van der Waals surface area contributed by atoms with Crippen LogP contribution in [0, 0.1) is 5.92 Å². The topological polar surface area (TPSA) is 3.24 Å². The summed E-state index contributed by atoms with van der Waals surface area (Å²) >= 11 is 0. The molecule has 1 aliphatic heterocycles. The Hall–Kier alpha value is -0.300. The van der Waals surface area contributed by atoms with E-state index in [0.29, 0.717) is 0 Å². The fraction of sp³-hybridized carbons (Fsp3) is 0.750. The molecule has 1 aliphatic rings. The molecule has 1 saturated heterocycles. The van der Waals surface area contributed by atoms with Crippen molar-refractivity contribution in [3.8, 4) is 0 Å². The Morgan fingerprint density at radius 3 is 3.00 bits per heavy atom. The maximum atomic E-state index is 3.71. The second-order valence-electron chi connectivity index (χ2n) is 2.94. The first-order valence-electron chi connectivity index (χ1n) is 3.66. The van der Waals surface area contributed by atoms with Crippen LogP contribution >= 0.6 is 0 Å². The zero-order valence-corrected chi connectivity index (χ0v) is 6.14. The van der Waals surface area contributed by atoms with E-state index in [9.17, 15) is 0 Å². The highest BCUT2D eigenvalue weighted by atomic mass is 15.1. The molecule has 1 unspecified atom stereocenters. The third-order valence-electron chi connectivity index (χ3n) is 1.90. The van der Waals surface area contributed by atoms with E-state index in [1.165, 1.54) is 19.5 Å². The molecular formula is C8H15N. The summed E-state index contributed by atoms with van der Waals surface area (Å²) < 4.78 is 0. The molecule has 0 radical (unpaired) electrons. The van der Waals surface area contributed by atoms with Gasteiger partial charge in [-0.3, -0.25) is 4.90 Å². The Kier molecular flexibility index (Phi) is 2.29. The second-order valence-corrected chi connectivity index (χ2v) is 2.94. The molecule has 9 heavy (non-hydrogen) atoms. The minimum absolute atomic E-state index is 0.907. The summed E-state index contributed by atoms with van der Waals surface area (Å²) in [7, 11) is 0. The minimum Gasteiger partial charge on any atom is -0.299 e. The molecule has 0 aromatic heterocycles. The normalized spacial score (nSPS) is 28.8. The second kappa shape index (κ2) is 3.02. The molecule has 1 fully saturated rings. The van der Waals surface area contributed by atoms with Crippen molar-refractivity contribution in [1.82, 2.24) is 4.90 Å². The number of rotatable bonds is 2. The van der Waals surface area contributed by atoms with Crippen LogP contribution in [-0.2, 0) is 0 Å². The van der Waals surface area contributed by atoms with Crippen LogP contribution in [0.25, 0.3) is 0 Å². The molecule has 0 spiro atoms. The van der Waals surface area contributed by atoms with Crippen molar-refractivity contribution in [3.05, 3.63) is 12.7 Å². The number of hydrogen-bond donors (Lipinski definition) is 0. The average molecular weight is 125 g/mol. The predicted molar refractivity (Wildman–Crippen MR) is 40.4 cm³/mol. The molecular weight excluding hydrogens is 110 g/mol. The van der Waals surface area contributed by atoms with Crippen LogP contribution in [0.4, 0.5) is 0 Å². The van der Waals surface area contributed by atoms with Crippen molar-refractivity contribution >= 4 is 0 Å². The Balaban J connectivity index is 2.21. The lowest BCUT2D eigenvalue weighted by Gasteiger charge is -2.10. The van der Waals surface area contributed by atoms with Crippen LogP contribution < -0.4 is 0 Å². The van der Waals surface area contributed by atoms with Crippen molar-refractivity contribution in [2.45, 2.75) is 13.3 Å². The summed E-state index contributed by atoms with van der Waals surface area (Å²) in [5, 5.41) is 0. The highest BCUT2D eigenvalue weighted by Crippen LogP contribution is 2.13. The molecule has 0 aromatic carbocycles. The van der Waals surface area contributed by atoms with Gasteiger partial charge in [0, 0.05) is 13.1 Å². The standard InChI is InChI=1S/C8H15N/c1-3-5-9-6-4-8(2)7-9/h3,8H,1,4-7H2,2H3. The Bertz CT molecular complexity index is 98.7. The molecule has 0 bridgehead atoms. The van der Waals surface area contributed by atoms with Crippen LogP contribution in [0.2, 0.25) is 0 Å². The zero-order chi connectivity index (χ0) is 6.69. The highest BCUT2D eigenvalue weighted by Gasteiger charge is 2.16. The van der Waals surface area contributed by atoms with Gasteiger partial charge in [-0.05, 0) is 18.9 Å². The van der Waals surface area contributed by atoms with Crippen LogP contribution in [0.5, 0.6) is 0 Å². The maximum absolute atomic E-state index is 3.71. The maximum Gasteiger partial charge on any atom is 0.0160 e. The van der Waals surface area contributed by atoms with Gasteiger partial charge in [-0.15, -0.1) is 6.58 Å². The van der Waals surface area contributed by atoms with Gasteiger partial charge in [0.25, 0.3) is 0 Å². The largest absolute Gasteiger partial charge is 0.299 e. The third-order valence-corrected chi connectivity index (χ3v) is 1.90. The summed E-state index contributed by atoms with van der Waals surface area (Å²) in [6.07, 6.45) is 3.35. The van der Waals surface area contributed by atoms with Crippen molar-refractivity contribution < 1.29 is 0 Å². The number of likely N-dealkylation sites (tertiary alicyclic amines) is 1. The summed E-state index contributed by atoms with van der Waals surface area (Å²) in [6, 6.07) is 0. The van der Waals surface area contributed by atoms with Crippen LogP contribution in [0.1, 0.15) is 13.3 Å². The SMILES string of the molecule is C=CCN1CCC(C)C1. The van der Waals surface area contributed by atoms with Gasteiger partial charge in [0.1, 0.15) is 0 Å². The number of hydrogen-bond acceptors (Lipinski definition) is 1. The molecule has 1 nitrogen and oxygen atoms in total. The molecule has 0 saturated carbocycles. The van der Waals surface area contributed by atoms with E-state index >= 15 is 0 Å². The van der Waals surface area contributed by atoms with E-state index in [0.717, 1.165) is 12.5 Å². The zero-order valence-electron chi connectivity index (χ0n) is 6.14. The lowest BCUT2D eigenvalue weighted by molar-refractivity contribution is 0.364. The highest BCUT2D eigenvalue weighted by molar-refractivity contribution is 4.79. The first kappa shape index (κ1) is 6.81. The van der Waals surface area contributed by atoms with Crippen molar-refractivity contribution in [3.63, 3.8) is 0 Å². The molecule has 0 amide bonds.